The summed E-state index contributed by atoms with van der Waals surface area (Å²) in [5, 5.41) is 31.3. The van der Waals surface area contributed by atoms with E-state index in [1.165, 1.54) is 24.3 Å². The molecule has 2 rings (SSSR count). The molecule has 57 heavy (non-hydrogen) atoms. The number of carbonyl (C=O) groups is 9. The Morgan fingerprint density at radius 1 is 0.772 bits per heavy atom. The van der Waals surface area contributed by atoms with Crippen LogP contribution in [-0.2, 0) is 49.6 Å². The molecule has 0 radical (unpaired) electrons. The number of aromatic nitrogens is 2. The Kier molecular flexibility index (Phi) is 19.0. The summed E-state index contributed by atoms with van der Waals surface area (Å²) in [6.45, 7) is 8.75. The van der Waals surface area contributed by atoms with Crippen LogP contribution in [0.1, 0.15) is 91.7 Å². The highest BCUT2D eigenvalue weighted by atomic mass is 16.4. The van der Waals surface area contributed by atoms with Crippen LogP contribution in [0.3, 0.4) is 0 Å². The molecular weight excluding hydrogens is 748 g/mol. The lowest BCUT2D eigenvalue weighted by molar-refractivity contribution is -0.149. The first kappa shape index (κ1) is 47.6. The lowest BCUT2D eigenvalue weighted by Crippen LogP contribution is -2.60. The van der Waals surface area contributed by atoms with Crippen LogP contribution in [0.2, 0.25) is 0 Å². The molecule has 1 aromatic heterocycles. The number of imidazole rings is 1. The second-order valence-corrected chi connectivity index (χ2v) is 15.1. The van der Waals surface area contributed by atoms with Gasteiger partial charge < -0.3 is 58.1 Å². The van der Waals surface area contributed by atoms with Gasteiger partial charge in [0.15, 0.2) is 0 Å². The van der Waals surface area contributed by atoms with Crippen LogP contribution >= 0.6 is 0 Å². The van der Waals surface area contributed by atoms with E-state index in [4.69, 9.17) is 16.6 Å². The fourth-order valence-electron chi connectivity index (χ4n) is 6.17. The zero-order valence-corrected chi connectivity index (χ0v) is 33.0. The minimum absolute atomic E-state index is 0.0942. The van der Waals surface area contributed by atoms with Crippen LogP contribution in [0.5, 0.6) is 0 Å². The summed E-state index contributed by atoms with van der Waals surface area (Å²) < 4.78 is 0. The average Bonchev–Trinajstić information content (AvgIpc) is 3.83. The number of carbonyl (C=O) groups excluding carboxylic acids is 7. The van der Waals surface area contributed by atoms with Gasteiger partial charge in [0.2, 0.25) is 41.4 Å². The molecule has 1 saturated heterocycles. The maximum Gasteiger partial charge on any atom is 0.326 e. The van der Waals surface area contributed by atoms with Gasteiger partial charge in [-0.3, -0.25) is 38.4 Å². The molecule has 1 aliphatic rings. The van der Waals surface area contributed by atoms with Gasteiger partial charge in [0.05, 0.1) is 12.4 Å². The van der Waals surface area contributed by atoms with Crippen LogP contribution in [0, 0.1) is 11.8 Å². The number of hydrogen-bond acceptors (Lipinski definition) is 11. The molecule has 21 heteroatoms. The van der Waals surface area contributed by atoms with Gasteiger partial charge in [-0.1, -0.05) is 27.7 Å². The summed E-state index contributed by atoms with van der Waals surface area (Å²) in [6, 6.07) is -8.61. The fraction of sp³-hybridized carbons (Fsp3) is 0.667. The number of carboxylic acids is 2. The largest absolute Gasteiger partial charge is 0.481 e. The minimum atomic E-state index is -1.43. The molecular formula is C36H58N10O11. The molecule has 0 unspecified atom stereocenters. The van der Waals surface area contributed by atoms with E-state index in [0.29, 0.717) is 12.1 Å². The van der Waals surface area contributed by atoms with Gasteiger partial charge >= 0.3 is 11.9 Å². The van der Waals surface area contributed by atoms with E-state index < -0.39 is 95.6 Å². The van der Waals surface area contributed by atoms with Crippen molar-refractivity contribution >= 4 is 53.3 Å². The molecule has 1 fully saturated rings. The highest BCUT2D eigenvalue weighted by Gasteiger charge is 2.39. The van der Waals surface area contributed by atoms with Crippen LogP contribution < -0.4 is 38.1 Å². The van der Waals surface area contributed by atoms with E-state index in [0.717, 1.165) is 0 Å². The number of aromatic amines is 1. The van der Waals surface area contributed by atoms with Crippen molar-refractivity contribution in [2.75, 3.05) is 6.54 Å². The average molecular weight is 807 g/mol. The summed E-state index contributed by atoms with van der Waals surface area (Å²) in [4.78, 5) is 123. The van der Waals surface area contributed by atoms with Crippen LogP contribution in [0.25, 0.3) is 0 Å². The Labute approximate surface area is 330 Å². The van der Waals surface area contributed by atoms with Gasteiger partial charge in [-0.05, 0) is 57.3 Å². The number of nitrogens with one attached hydrogen (secondary N) is 6. The Balaban J connectivity index is 2.27. The summed E-state index contributed by atoms with van der Waals surface area (Å²) in [7, 11) is 0. The molecule has 0 aromatic carbocycles. The summed E-state index contributed by atoms with van der Waals surface area (Å²) >= 11 is 0. The first-order valence-corrected chi connectivity index (χ1v) is 19.0. The van der Waals surface area contributed by atoms with Crippen molar-refractivity contribution in [3.63, 3.8) is 0 Å². The monoisotopic (exact) mass is 806 g/mol. The quantitative estimate of drug-likeness (QED) is 0.0542. The predicted octanol–water partition coefficient (Wildman–Crippen LogP) is -1.98. The number of H-pyrrole nitrogens is 1. The number of likely N-dealkylation sites (tertiary alicyclic amines) is 1. The van der Waals surface area contributed by atoms with Gasteiger partial charge in [-0.15, -0.1) is 0 Å². The zero-order valence-electron chi connectivity index (χ0n) is 33.0. The number of nitrogens with zero attached hydrogens (tertiary/aromatic N) is 2. The number of amides is 7. The molecule has 0 bridgehead atoms. The van der Waals surface area contributed by atoms with E-state index in [1.807, 2.05) is 13.8 Å². The highest BCUT2D eigenvalue weighted by Crippen LogP contribution is 2.21. The summed E-state index contributed by atoms with van der Waals surface area (Å²) in [5.41, 5.74) is 11.6. The third kappa shape index (κ3) is 16.2. The van der Waals surface area contributed by atoms with Crippen LogP contribution in [0.15, 0.2) is 12.5 Å². The van der Waals surface area contributed by atoms with Gasteiger partial charge in [0.25, 0.3) is 0 Å². The Hall–Kier alpha value is -5.60. The van der Waals surface area contributed by atoms with Crippen LogP contribution in [-0.4, -0.2) is 127 Å². The van der Waals surface area contributed by atoms with Gasteiger partial charge in [0.1, 0.15) is 36.3 Å². The molecule has 12 N–H and O–H groups in total. The number of rotatable bonds is 24. The van der Waals surface area contributed by atoms with Crippen LogP contribution in [0.4, 0.5) is 0 Å². The van der Waals surface area contributed by atoms with Gasteiger partial charge in [-0.2, -0.15) is 0 Å². The Bertz CT molecular complexity index is 1590. The molecule has 1 aliphatic heterocycles. The van der Waals surface area contributed by atoms with E-state index in [1.54, 1.807) is 13.8 Å². The molecule has 2 heterocycles. The first-order chi connectivity index (χ1) is 26.7. The maximum absolute atomic E-state index is 13.9. The van der Waals surface area contributed by atoms with Crippen molar-refractivity contribution in [2.24, 2.45) is 23.3 Å². The Morgan fingerprint density at radius 2 is 1.33 bits per heavy atom. The normalized spacial score (nSPS) is 17.1. The summed E-state index contributed by atoms with van der Waals surface area (Å²) in [5.74, 6) is -7.93. The van der Waals surface area contributed by atoms with E-state index >= 15 is 0 Å². The maximum atomic E-state index is 13.9. The van der Waals surface area contributed by atoms with Gasteiger partial charge in [-0.25, -0.2) is 9.78 Å². The lowest BCUT2D eigenvalue weighted by atomic mass is 10.0. The molecule has 1 aromatic rings. The molecule has 0 aliphatic carbocycles. The number of carboxylic acid groups (broad SMARTS) is 2. The second-order valence-electron chi connectivity index (χ2n) is 15.1. The highest BCUT2D eigenvalue weighted by molar-refractivity contribution is 5.97. The van der Waals surface area contributed by atoms with Crippen molar-refractivity contribution < 1.29 is 53.4 Å². The molecule has 0 spiro atoms. The van der Waals surface area contributed by atoms with Crippen molar-refractivity contribution in [2.45, 2.75) is 135 Å². The molecule has 7 atom stereocenters. The number of nitrogens with two attached hydrogens (primary N) is 2. The molecule has 0 saturated carbocycles. The zero-order chi connectivity index (χ0) is 43.0. The number of aliphatic carboxylic acids is 2. The fourth-order valence-corrected chi connectivity index (χ4v) is 6.17. The van der Waals surface area contributed by atoms with Crippen molar-refractivity contribution in [3.8, 4) is 0 Å². The van der Waals surface area contributed by atoms with Crippen molar-refractivity contribution in [3.05, 3.63) is 18.2 Å². The van der Waals surface area contributed by atoms with E-state index in [2.05, 4.69) is 36.6 Å². The van der Waals surface area contributed by atoms with Crippen molar-refractivity contribution in [1.29, 1.82) is 0 Å². The minimum Gasteiger partial charge on any atom is -0.481 e. The van der Waals surface area contributed by atoms with E-state index in [9.17, 15) is 48.3 Å². The predicted molar refractivity (Wildman–Crippen MR) is 202 cm³/mol. The first-order valence-electron chi connectivity index (χ1n) is 19.0. The molecule has 318 valence electrons. The SMILES string of the molecule is CC(C)C[C@H](NC(=O)[C@@H](N)CCC(=O)O)C(=O)N[C@@H](C)C(=O)N[C@@H](Cc1cnc[nH]1)C(=O)N[C@@H](CCC(N)=O)C(=O)N[C@@H](CC(C)C)C(=O)N1CCC[C@H]1C(=O)O. The molecule has 21 nitrogen and oxygen atoms in total. The number of primary amides is 1. The van der Waals surface area contributed by atoms with E-state index in [-0.39, 0.29) is 69.7 Å². The molecule has 7 amide bonds. The summed E-state index contributed by atoms with van der Waals surface area (Å²) in [6.07, 6.45) is 2.46. The smallest absolute Gasteiger partial charge is 0.326 e. The number of hydrogen-bond donors (Lipinski definition) is 10. The lowest BCUT2D eigenvalue weighted by Gasteiger charge is -2.30. The third-order valence-electron chi connectivity index (χ3n) is 9.17. The Morgan fingerprint density at radius 3 is 1.89 bits per heavy atom. The standard InChI is InChI=1S/C36H58N10O11/c1-18(2)13-24(44-31(51)22(37)8-11-29(48)49)33(53)41-20(5)30(50)43-25(15-21-16-39-17-40-21)34(54)42-23(9-10-28(38)47)32(52)45-26(14-19(3)4)35(55)46-12-6-7-27(46)36(56)57/h16-20,22-27H,6-15,37H2,1-5H3,(H2,38,47)(H,39,40)(H,41,53)(H,42,54)(H,43,50)(H,44,51)(H,45,52)(H,48,49)(H,56,57)/t20-,22-,23-,24-,25-,26-,27-/m0/s1. The third-order valence-corrected chi connectivity index (χ3v) is 9.17. The second kappa shape index (κ2) is 22.8. The van der Waals surface area contributed by atoms with Gasteiger partial charge in [0, 0.05) is 37.7 Å². The van der Waals surface area contributed by atoms with Crippen molar-refractivity contribution in [1.82, 2.24) is 41.5 Å². The topological polar surface area (TPSA) is 338 Å².